The molecule has 10 heteroatoms. The van der Waals surface area contributed by atoms with E-state index in [0.29, 0.717) is 25.6 Å². The summed E-state index contributed by atoms with van der Waals surface area (Å²) in [6.07, 6.45) is -3.01. The van der Waals surface area contributed by atoms with E-state index in [4.69, 9.17) is 4.74 Å². The van der Waals surface area contributed by atoms with Crippen LogP contribution in [0.3, 0.4) is 0 Å². The van der Waals surface area contributed by atoms with E-state index in [1.807, 2.05) is 12.1 Å². The number of benzene rings is 1. The van der Waals surface area contributed by atoms with E-state index in [-0.39, 0.29) is 11.1 Å². The van der Waals surface area contributed by atoms with Crippen molar-refractivity contribution < 1.29 is 17.9 Å². The highest BCUT2D eigenvalue weighted by Crippen LogP contribution is 2.36. The number of rotatable bonds is 4. The van der Waals surface area contributed by atoms with Crippen molar-refractivity contribution >= 4 is 27.4 Å². The molecule has 0 amide bonds. The molecule has 0 radical (unpaired) electrons. The molecule has 1 fully saturated rings. The third-order valence-corrected chi connectivity index (χ3v) is 5.50. The molecule has 1 saturated heterocycles. The Labute approximate surface area is 167 Å². The summed E-state index contributed by atoms with van der Waals surface area (Å²) in [6.45, 7) is 1.78. The molecular formula is C18H17BrF3N5O. The van der Waals surface area contributed by atoms with Gasteiger partial charge in [0.15, 0.2) is 5.65 Å². The fourth-order valence-electron chi connectivity index (χ4n) is 3.47. The Morgan fingerprint density at radius 1 is 1.14 bits per heavy atom. The number of aromatic nitrogens is 4. The lowest BCUT2D eigenvalue weighted by Crippen LogP contribution is -2.40. The number of ether oxygens (including phenoxy) is 1. The van der Waals surface area contributed by atoms with Crippen LogP contribution < -0.4 is 5.32 Å². The fraction of sp³-hybridized carbons (Fsp3) is 0.389. The first kappa shape index (κ1) is 19.1. The number of fused-ring (bicyclic) bond motifs is 1. The molecular weight excluding hydrogens is 439 g/mol. The van der Waals surface area contributed by atoms with Crippen LogP contribution in [0, 0.1) is 0 Å². The first-order chi connectivity index (χ1) is 13.4. The zero-order chi connectivity index (χ0) is 19.8. The Morgan fingerprint density at radius 2 is 1.93 bits per heavy atom. The fourth-order valence-corrected chi connectivity index (χ4v) is 3.87. The van der Waals surface area contributed by atoms with Crippen molar-refractivity contribution in [1.82, 2.24) is 19.8 Å². The van der Waals surface area contributed by atoms with Gasteiger partial charge in [-0.05, 0) is 42.7 Å². The number of hydrogen-bond donors (Lipinski definition) is 1. The van der Waals surface area contributed by atoms with Crippen molar-refractivity contribution in [2.24, 2.45) is 0 Å². The van der Waals surface area contributed by atoms with Crippen molar-refractivity contribution in [2.75, 3.05) is 25.1 Å². The summed E-state index contributed by atoms with van der Waals surface area (Å²) in [4.78, 5) is 0. The summed E-state index contributed by atoms with van der Waals surface area (Å²) in [5.74, 6) is -0.808. The molecule has 1 aromatic carbocycles. The van der Waals surface area contributed by atoms with Gasteiger partial charge in [-0.1, -0.05) is 28.1 Å². The maximum Gasteiger partial charge on any atom is 0.453 e. The molecule has 1 aliphatic heterocycles. The van der Waals surface area contributed by atoms with Crippen LogP contribution in [0.15, 0.2) is 40.9 Å². The lowest BCUT2D eigenvalue weighted by molar-refractivity contribution is -0.146. The van der Waals surface area contributed by atoms with Gasteiger partial charge in [0, 0.05) is 29.6 Å². The van der Waals surface area contributed by atoms with E-state index in [1.165, 1.54) is 6.07 Å². The number of anilines is 1. The van der Waals surface area contributed by atoms with Gasteiger partial charge in [0.1, 0.15) is 5.82 Å². The highest BCUT2D eigenvalue weighted by atomic mass is 79.9. The number of hydrogen-bond acceptors (Lipinski definition) is 5. The molecule has 148 valence electrons. The molecule has 6 nitrogen and oxygen atoms in total. The zero-order valence-corrected chi connectivity index (χ0v) is 16.3. The summed E-state index contributed by atoms with van der Waals surface area (Å²) in [5, 5.41) is 14.0. The molecule has 3 aromatic rings. The second-order valence-corrected chi connectivity index (χ2v) is 7.68. The minimum Gasteiger partial charge on any atom is -0.381 e. The summed E-state index contributed by atoms with van der Waals surface area (Å²) in [6, 6.07) is 11.2. The molecule has 2 aromatic heterocycles. The lowest BCUT2D eigenvalue weighted by Gasteiger charge is -2.38. The third kappa shape index (κ3) is 3.70. The molecule has 0 saturated carbocycles. The quantitative estimate of drug-likeness (QED) is 0.642. The van der Waals surface area contributed by atoms with Gasteiger partial charge < -0.3 is 10.1 Å². The molecule has 0 aliphatic carbocycles. The van der Waals surface area contributed by atoms with Crippen molar-refractivity contribution in [3.8, 4) is 0 Å². The molecule has 28 heavy (non-hydrogen) atoms. The van der Waals surface area contributed by atoms with E-state index in [2.05, 4.69) is 48.7 Å². The van der Waals surface area contributed by atoms with Crippen LogP contribution >= 0.6 is 15.9 Å². The third-order valence-electron chi connectivity index (χ3n) is 5.01. The monoisotopic (exact) mass is 455 g/mol. The molecule has 3 heterocycles. The second kappa shape index (κ2) is 7.32. The minimum atomic E-state index is -4.62. The van der Waals surface area contributed by atoms with Crippen LogP contribution in [-0.4, -0.2) is 39.6 Å². The SMILES string of the molecule is FC(F)(F)c1nnc2ccc(NCC3(c4cccc(Br)c4)CCOCC3)nn12. The van der Waals surface area contributed by atoms with Crippen LogP contribution in [-0.2, 0) is 16.3 Å². The van der Waals surface area contributed by atoms with Crippen molar-refractivity contribution in [1.29, 1.82) is 0 Å². The van der Waals surface area contributed by atoms with Gasteiger partial charge in [0.25, 0.3) is 5.82 Å². The minimum absolute atomic E-state index is 0.0469. The van der Waals surface area contributed by atoms with Gasteiger partial charge in [-0.15, -0.1) is 15.3 Å². The molecule has 4 rings (SSSR count). The van der Waals surface area contributed by atoms with Crippen LogP contribution in [0.2, 0.25) is 0 Å². The number of nitrogens with one attached hydrogen (secondary N) is 1. The summed E-state index contributed by atoms with van der Waals surface area (Å²) < 4.78 is 46.5. The Morgan fingerprint density at radius 3 is 2.64 bits per heavy atom. The van der Waals surface area contributed by atoms with E-state index in [0.717, 1.165) is 27.4 Å². The highest BCUT2D eigenvalue weighted by molar-refractivity contribution is 9.10. The van der Waals surface area contributed by atoms with Crippen LogP contribution in [0.4, 0.5) is 19.0 Å². The molecule has 0 atom stereocenters. The molecule has 0 unspecified atom stereocenters. The standard InChI is InChI=1S/C18H17BrF3N5O/c19-13-3-1-2-12(10-13)17(6-8-28-9-7-17)11-23-14-4-5-15-24-25-16(18(20,21)22)27(15)26-14/h1-5,10H,6-9,11H2,(H,23,26). The largest absolute Gasteiger partial charge is 0.453 e. The van der Waals surface area contributed by atoms with Crippen molar-refractivity contribution in [3.63, 3.8) is 0 Å². The van der Waals surface area contributed by atoms with Crippen molar-refractivity contribution in [2.45, 2.75) is 24.4 Å². The first-order valence-electron chi connectivity index (χ1n) is 8.75. The van der Waals surface area contributed by atoms with E-state index >= 15 is 0 Å². The van der Waals surface area contributed by atoms with E-state index in [1.54, 1.807) is 6.07 Å². The molecule has 1 N–H and O–H groups in total. The zero-order valence-electron chi connectivity index (χ0n) is 14.7. The Bertz CT molecular complexity index is 985. The van der Waals surface area contributed by atoms with Crippen LogP contribution in [0.5, 0.6) is 0 Å². The normalized spacial score (nSPS) is 17.0. The molecule has 0 spiro atoms. The van der Waals surface area contributed by atoms with Gasteiger partial charge >= 0.3 is 6.18 Å². The molecule has 0 bridgehead atoms. The summed E-state index contributed by atoms with van der Waals surface area (Å²) >= 11 is 3.51. The van der Waals surface area contributed by atoms with E-state index < -0.39 is 12.0 Å². The number of nitrogens with zero attached hydrogens (tertiary/aromatic N) is 4. The van der Waals surface area contributed by atoms with Crippen molar-refractivity contribution in [3.05, 3.63) is 52.3 Å². The first-order valence-corrected chi connectivity index (χ1v) is 9.54. The summed E-state index contributed by atoms with van der Waals surface area (Å²) in [7, 11) is 0. The topological polar surface area (TPSA) is 64.3 Å². The Hall–Kier alpha value is -2.20. The summed E-state index contributed by atoms with van der Waals surface area (Å²) in [5.41, 5.74) is 1.00. The lowest BCUT2D eigenvalue weighted by atomic mass is 9.74. The Balaban J connectivity index is 1.62. The van der Waals surface area contributed by atoms with Crippen LogP contribution in [0.1, 0.15) is 24.2 Å². The average molecular weight is 456 g/mol. The predicted molar refractivity (Wildman–Crippen MR) is 100 cm³/mol. The molecule has 1 aliphatic rings. The predicted octanol–water partition coefficient (Wildman–Crippen LogP) is 4.07. The highest BCUT2D eigenvalue weighted by Gasteiger charge is 2.38. The van der Waals surface area contributed by atoms with Gasteiger partial charge in [0.05, 0.1) is 0 Å². The second-order valence-electron chi connectivity index (χ2n) is 6.77. The van der Waals surface area contributed by atoms with E-state index in [9.17, 15) is 13.2 Å². The van der Waals surface area contributed by atoms with Gasteiger partial charge in [0.2, 0.25) is 0 Å². The average Bonchev–Trinajstić information content (AvgIpc) is 3.11. The van der Waals surface area contributed by atoms with Crippen LogP contribution in [0.25, 0.3) is 5.65 Å². The number of alkyl halides is 3. The van der Waals surface area contributed by atoms with Gasteiger partial charge in [-0.3, -0.25) is 0 Å². The maximum atomic E-state index is 13.1. The maximum absolute atomic E-state index is 13.1. The number of halogens is 4. The Kier molecular flexibility index (Phi) is 5.00. The van der Waals surface area contributed by atoms with Gasteiger partial charge in [-0.2, -0.15) is 17.7 Å². The van der Waals surface area contributed by atoms with Gasteiger partial charge in [-0.25, -0.2) is 0 Å². The smallest absolute Gasteiger partial charge is 0.381 e.